The van der Waals surface area contributed by atoms with E-state index in [4.69, 9.17) is 11.6 Å². The molecule has 1 N–H and O–H groups in total. The highest BCUT2D eigenvalue weighted by Gasteiger charge is 2.08. The minimum Gasteiger partial charge on any atom is -0.314 e. The second-order valence-electron chi connectivity index (χ2n) is 3.42. The Kier molecular flexibility index (Phi) is 5.29. The molecular formula is C11H16ClNOS. The first-order valence-corrected chi connectivity index (χ1v) is 6.70. The lowest BCUT2D eigenvalue weighted by Crippen LogP contribution is -2.30. The van der Waals surface area contributed by atoms with E-state index in [0.29, 0.717) is 10.8 Å². The minimum absolute atomic E-state index is 0.270. The van der Waals surface area contributed by atoms with Crippen LogP contribution in [0.2, 0.25) is 5.02 Å². The SMILES string of the molecule is CCNC(C)CS(=O)c1ccc(Cl)cc1. The smallest absolute Gasteiger partial charge is 0.0545 e. The fourth-order valence-corrected chi connectivity index (χ4v) is 2.65. The zero-order chi connectivity index (χ0) is 11.3. The standard InChI is InChI=1S/C11H16ClNOS/c1-3-13-9(2)8-15(14)11-6-4-10(12)5-7-11/h4-7,9,13H,3,8H2,1-2H3. The van der Waals surface area contributed by atoms with Crippen molar-refractivity contribution in [2.24, 2.45) is 0 Å². The number of hydrogen-bond donors (Lipinski definition) is 1. The zero-order valence-corrected chi connectivity index (χ0v) is 10.6. The Bertz CT molecular complexity index is 326. The molecule has 0 heterocycles. The molecule has 0 aliphatic rings. The first-order valence-electron chi connectivity index (χ1n) is 5.00. The van der Waals surface area contributed by atoms with Gasteiger partial charge in [-0.3, -0.25) is 4.21 Å². The highest BCUT2D eigenvalue weighted by Crippen LogP contribution is 2.13. The second kappa shape index (κ2) is 6.26. The normalized spacial score (nSPS) is 14.9. The molecule has 0 amide bonds. The lowest BCUT2D eigenvalue weighted by Gasteiger charge is -2.11. The van der Waals surface area contributed by atoms with Gasteiger partial charge in [0, 0.05) is 21.7 Å². The third kappa shape index (κ3) is 4.33. The zero-order valence-electron chi connectivity index (χ0n) is 9.00. The maximum atomic E-state index is 11.9. The van der Waals surface area contributed by atoms with Crippen LogP contribution < -0.4 is 5.32 Å². The molecule has 0 aromatic heterocycles. The summed E-state index contributed by atoms with van der Waals surface area (Å²) in [7, 11) is -0.944. The predicted octanol–water partition coefficient (Wildman–Crippen LogP) is 2.45. The van der Waals surface area contributed by atoms with Crippen LogP contribution in [0.1, 0.15) is 13.8 Å². The van der Waals surface area contributed by atoms with Crippen LogP contribution in [0.5, 0.6) is 0 Å². The van der Waals surface area contributed by atoms with Crippen LogP contribution in [-0.4, -0.2) is 22.5 Å². The molecule has 0 aliphatic heterocycles. The Morgan fingerprint density at radius 2 is 2.00 bits per heavy atom. The first-order chi connectivity index (χ1) is 7.13. The maximum Gasteiger partial charge on any atom is 0.0545 e. The van der Waals surface area contributed by atoms with Gasteiger partial charge in [0.1, 0.15) is 0 Å². The summed E-state index contributed by atoms with van der Waals surface area (Å²) in [6.07, 6.45) is 0. The van der Waals surface area contributed by atoms with Gasteiger partial charge >= 0.3 is 0 Å². The van der Waals surface area contributed by atoms with Gasteiger partial charge in [0.2, 0.25) is 0 Å². The summed E-state index contributed by atoms with van der Waals surface area (Å²) in [6.45, 7) is 4.98. The van der Waals surface area contributed by atoms with E-state index in [1.807, 2.05) is 26.0 Å². The van der Waals surface area contributed by atoms with Gasteiger partial charge in [-0.25, -0.2) is 0 Å². The van der Waals surface area contributed by atoms with Gasteiger partial charge in [0.25, 0.3) is 0 Å². The molecule has 1 aromatic rings. The van der Waals surface area contributed by atoms with E-state index in [0.717, 1.165) is 11.4 Å². The molecule has 2 nitrogen and oxygen atoms in total. The molecule has 0 saturated heterocycles. The number of nitrogens with one attached hydrogen (secondary N) is 1. The molecule has 15 heavy (non-hydrogen) atoms. The third-order valence-electron chi connectivity index (χ3n) is 2.03. The van der Waals surface area contributed by atoms with Crippen molar-refractivity contribution >= 4 is 22.4 Å². The summed E-state index contributed by atoms with van der Waals surface area (Å²) >= 11 is 5.76. The second-order valence-corrected chi connectivity index (χ2v) is 5.36. The molecule has 1 rings (SSSR count). The van der Waals surface area contributed by atoms with Crippen molar-refractivity contribution in [3.05, 3.63) is 29.3 Å². The quantitative estimate of drug-likeness (QED) is 0.864. The fraction of sp³-hybridized carbons (Fsp3) is 0.455. The van der Waals surface area contributed by atoms with Crippen molar-refractivity contribution in [1.82, 2.24) is 5.32 Å². The van der Waals surface area contributed by atoms with E-state index in [1.54, 1.807) is 12.1 Å². The van der Waals surface area contributed by atoms with Crippen LogP contribution in [0.4, 0.5) is 0 Å². The van der Waals surface area contributed by atoms with Gasteiger partial charge in [0.15, 0.2) is 0 Å². The van der Waals surface area contributed by atoms with Gasteiger partial charge in [-0.1, -0.05) is 18.5 Å². The Labute approximate surface area is 98.5 Å². The van der Waals surface area contributed by atoms with Gasteiger partial charge in [0.05, 0.1) is 10.8 Å². The van der Waals surface area contributed by atoms with Crippen LogP contribution in [-0.2, 0) is 10.8 Å². The molecule has 0 spiro atoms. The lowest BCUT2D eigenvalue weighted by atomic mass is 10.4. The van der Waals surface area contributed by atoms with E-state index >= 15 is 0 Å². The van der Waals surface area contributed by atoms with Crippen molar-refractivity contribution < 1.29 is 4.21 Å². The first kappa shape index (κ1) is 12.7. The number of halogens is 1. The summed E-state index contributed by atoms with van der Waals surface area (Å²) in [5, 5.41) is 3.91. The minimum atomic E-state index is -0.944. The molecule has 1 aromatic carbocycles. The maximum absolute atomic E-state index is 11.9. The van der Waals surface area contributed by atoms with E-state index in [-0.39, 0.29) is 6.04 Å². The lowest BCUT2D eigenvalue weighted by molar-refractivity contribution is 0.607. The van der Waals surface area contributed by atoms with Gasteiger partial charge in [-0.2, -0.15) is 0 Å². The Hall–Kier alpha value is -0.380. The summed E-state index contributed by atoms with van der Waals surface area (Å²) in [6, 6.07) is 7.44. The Balaban J connectivity index is 2.57. The van der Waals surface area contributed by atoms with Crippen molar-refractivity contribution in [2.45, 2.75) is 24.8 Å². The topological polar surface area (TPSA) is 29.1 Å². The van der Waals surface area contributed by atoms with Crippen LogP contribution >= 0.6 is 11.6 Å². The van der Waals surface area contributed by atoms with Crippen LogP contribution in [0.25, 0.3) is 0 Å². The molecule has 0 bridgehead atoms. The van der Waals surface area contributed by atoms with Crippen molar-refractivity contribution in [3.8, 4) is 0 Å². The molecule has 0 fully saturated rings. The molecule has 2 unspecified atom stereocenters. The molecule has 2 atom stereocenters. The molecular weight excluding hydrogens is 230 g/mol. The van der Waals surface area contributed by atoms with E-state index in [9.17, 15) is 4.21 Å². The average Bonchev–Trinajstić information content (AvgIpc) is 2.18. The average molecular weight is 246 g/mol. The number of hydrogen-bond acceptors (Lipinski definition) is 2. The summed E-state index contributed by atoms with van der Waals surface area (Å²) in [5.74, 6) is 0.634. The van der Waals surface area contributed by atoms with Gasteiger partial charge < -0.3 is 5.32 Å². The van der Waals surface area contributed by atoms with Crippen LogP contribution in [0, 0.1) is 0 Å². The van der Waals surface area contributed by atoms with Crippen LogP contribution in [0.15, 0.2) is 29.2 Å². The fourth-order valence-electron chi connectivity index (χ4n) is 1.32. The van der Waals surface area contributed by atoms with Crippen molar-refractivity contribution in [3.63, 3.8) is 0 Å². The summed E-state index contributed by atoms with van der Waals surface area (Å²) in [5.41, 5.74) is 0. The van der Waals surface area contributed by atoms with Crippen LogP contribution in [0.3, 0.4) is 0 Å². The van der Waals surface area contributed by atoms with E-state index < -0.39 is 10.8 Å². The summed E-state index contributed by atoms with van der Waals surface area (Å²) < 4.78 is 11.9. The van der Waals surface area contributed by atoms with Crippen molar-refractivity contribution in [1.29, 1.82) is 0 Å². The monoisotopic (exact) mass is 245 g/mol. The molecule has 0 aliphatic carbocycles. The summed E-state index contributed by atoms with van der Waals surface area (Å²) in [4.78, 5) is 0.837. The predicted molar refractivity (Wildman–Crippen MR) is 65.9 cm³/mol. The number of rotatable bonds is 5. The number of benzene rings is 1. The van der Waals surface area contributed by atoms with E-state index in [1.165, 1.54) is 0 Å². The van der Waals surface area contributed by atoms with Crippen molar-refractivity contribution in [2.75, 3.05) is 12.3 Å². The largest absolute Gasteiger partial charge is 0.314 e. The van der Waals surface area contributed by atoms with E-state index in [2.05, 4.69) is 5.32 Å². The molecule has 4 heteroatoms. The highest BCUT2D eigenvalue weighted by molar-refractivity contribution is 7.85. The molecule has 0 saturated carbocycles. The molecule has 0 radical (unpaired) electrons. The third-order valence-corrected chi connectivity index (χ3v) is 3.88. The highest BCUT2D eigenvalue weighted by atomic mass is 35.5. The Morgan fingerprint density at radius 1 is 1.40 bits per heavy atom. The van der Waals surface area contributed by atoms with Gasteiger partial charge in [-0.05, 0) is 37.7 Å². The molecule has 84 valence electrons. The Morgan fingerprint density at radius 3 is 2.53 bits per heavy atom. The van der Waals surface area contributed by atoms with Gasteiger partial charge in [-0.15, -0.1) is 0 Å².